The normalized spacial score (nSPS) is 11.3. The van der Waals surface area contributed by atoms with Gasteiger partial charge in [-0.15, -0.1) is 16.4 Å². The number of hydrogen-bond acceptors (Lipinski definition) is 6. The molecule has 0 aliphatic heterocycles. The van der Waals surface area contributed by atoms with Crippen LogP contribution in [0.25, 0.3) is 0 Å². The van der Waals surface area contributed by atoms with Gasteiger partial charge in [-0.05, 0) is 31.2 Å². The average Bonchev–Trinajstić information content (AvgIpc) is 3.13. The summed E-state index contributed by atoms with van der Waals surface area (Å²) >= 11 is 6.94. The molecule has 0 radical (unpaired) electrons. The van der Waals surface area contributed by atoms with Gasteiger partial charge in [0, 0.05) is 11.9 Å². The molecule has 0 saturated carbocycles. The summed E-state index contributed by atoms with van der Waals surface area (Å²) in [6.45, 7) is 6.50. The Morgan fingerprint density at radius 1 is 1.29 bits per heavy atom. The molecule has 24 heavy (non-hydrogen) atoms. The Morgan fingerprint density at radius 2 is 2.08 bits per heavy atom. The van der Waals surface area contributed by atoms with Gasteiger partial charge < -0.3 is 4.42 Å². The molecular formula is C17H20N4OS2. The lowest BCUT2D eigenvalue weighted by atomic mass is 10.2. The van der Waals surface area contributed by atoms with Crippen molar-refractivity contribution in [3.8, 4) is 0 Å². The standard InChI is InChI=1S/C17H20N4OS2/c1-3-20(10-14-7-5-4-6-8-14)12-21-17(23)22-16(19-21)9-15-11-24-13(2)18-15/h4-8,11H,3,9-10,12H2,1-2H3. The van der Waals surface area contributed by atoms with Crippen molar-refractivity contribution in [1.82, 2.24) is 19.7 Å². The van der Waals surface area contributed by atoms with Gasteiger partial charge in [-0.2, -0.15) is 0 Å². The minimum Gasteiger partial charge on any atom is -0.414 e. The van der Waals surface area contributed by atoms with Crippen molar-refractivity contribution in [2.45, 2.75) is 33.5 Å². The maximum atomic E-state index is 5.63. The van der Waals surface area contributed by atoms with Crippen molar-refractivity contribution in [2.75, 3.05) is 6.54 Å². The van der Waals surface area contributed by atoms with E-state index in [4.69, 9.17) is 16.6 Å². The summed E-state index contributed by atoms with van der Waals surface area (Å²) in [5.41, 5.74) is 2.24. The monoisotopic (exact) mass is 360 g/mol. The summed E-state index contributed by atoms with van der Waals surface area (Å²) in [4.78, 5) is 7.12. The fraction of sp³-hybridized carbons (Fsp3) is 0.353. The average molecular weight is 361 g/mol. The molecule has 3 rings (SSSR count). The highest BCUT2D eigenvalue weighted by Crippen LogP contribution is 2.13. The molecule has 0 amide bonds. The number of hydrogen-bond donors (Lipinski definition) is 0. The first kappa shape index (κ1) is 17.0. The molecule has 0 aliphatic rings. The highest BCUT2D eigenvalue weighted by Gasteiger charge is 2.11. The molecule has 0 atom stereocenters. The number of thiazole rings is 1. The first-order chi connectivity index (χ1) is 11.6. The van der Waals surface area contributed by atoms with Crippen LogP contribution in [0, 0.1) is 11.8 Å². The molecule has 2 heterocycles. The van der Waals surface area contributed by atoms with Crippen molar-refractivity contribution >= 4 is 23.6 Å². The Bertz CT molecular complexity index is 838. The second kappa shape index (κ2) is 7.83. The highest BCUT2D eigenvalue weighted by atomic mass is 32.1. The molecule has 0 bridgehead atoms. The highest BCUT2D eigenvalue weighted by molar-refractivity contribution is 7.71. The zero-order chi connectivity index (χ0) is 16.9. The van der Waals surface area contributed by atoms with Gasteiger partial charge in [-0.1, -0.05) is 37.3 Å². The molecule has 0 aliphatic carbocycles. The van der Waals surface area contributed by atoms with Gasteiger partial charge in [-0.3, -0.25) is 4.90 Å². The molecule has 3 aromatic rings. The summed E-state index contributed by atoms with van der Waals surface area (Å²) in [5.74, 6) is 0.612. The molecule has 2 aromatic heterocycles. The minimum atomic E-state index is 0.406. The van der Waals surface area contributed by atoms with Crippen molar-refractivity contribution in [1.29, 1.82) is 0 Å². The third-order valence-electron chi connectivity index (χ3n) is 3.68. The fourth-order valence-electron chi connectivity index (χ4n) is 2.45. The van der Waals surface area contributed by atoms with E-state index in [1.54, 1.807) is 16.0 Å². The summed E-state index contributed by atoms with van der Waals surface area (Å²) in [5, 5.41) is 7.59. The van der Waals surface area contributed by atoms with Gasteiger partial charge in [0.15, 0.2) is 0 Å². The van der Waals surface area contributed by atoms with Gasteiger partial charge >= 0.3 is 0 Å². The Kier molecular flexibility index (Phi) is 5.55. The Balaban J connectivity index is 1.68. The molecule has 0 N–H and O–H groups in total. The maximum Gasteiger partial charge on any atom is 0.288 e. The summed E-state index contributed by atoms with van der Waals surface area (Å²) in [7, 11) is 0. The number of rotatable bonds is 7. The Hall–Kier alpha value is -1.83. The first-order valence-corrected chi connectivity index (χ1v) is 9.17. The second-order valence-electron chi connectivity index (χ2n) is 5.57. The number of aryl methyl sites for hydroxylation is 1. The van der Waals surface area contributed by atoms with Gasteiger partial charge in [0.25, 0.3) is 4.84 Å². The maximum absolute atomic E-state index is 5.63. The predicted molar refractivity (Wildman–Crippen MR) is 97.5 cm³/mol. The first-order valence-electron chi connectivity index (χ1n) is 7.88. The van der Waals surface area contributed by atoms with E-state index < -0.39 is 0 Å². The summed E-state index contributed by atoms with van der Waals surface area (Å²) in [6.07, 6.45) is 0.575. The van der Waals surface area contributed by atoms with Crippen LogP contribution in [-0.2, 0) is 19.6 Å². The SMILES string of the molecule is CCN(Cc1ccccc1)Cn1nc(Cc2csc(C)n2)oc1=S. The van der Waals surface area contributed by atoms with Crippen LogP contribution in [0.1, 0.15) is 29.1 Å². The zero-order valence-corrected chi connectivity index (χ0v) is 15.4. The van der Waals surface area contributed by atoms with Gasteiger partial charge in [0.1, 0.15) is 0 Å². The van der Waals surface area contributed by atoms with Crippen LogP contribution in [0.4, 0.5) is 0 Å². The lowest BCUT2D eigenvalue weighted by molar-refractivity contribution is 0.205. The van der Waals surface area contributed by atoms with E-state index in [2.05, 4.69) is 46.2 Å². The fourth-order valence-corrected chi connectivity index (χ4v) is 3.25. The number of aromatic nitrogens is 3. The van der Waals surface area contributed by atoms with E-state index in [1.807, 2.05) is 18.4 Å². The van der Waals surface area contributed by atoms with E-state index in [1.165, 1.54) is 5.56 Å². The number of nitrogens with zero attached hydrogens (tertiary/aromatic N) is 4. The lowest BCUT2D eigenvalue weighted by Gasteiger charge is -2.19. The van der Waals surface area contributed by atoms with Crippen LogP contribution in [0.2, 0.25) is 0 Å². The molecule has 0 spiro atoms. The second-order valence-corrected chi connectivity index (χ2v) is 6.98. The quantitative estimate of drug-likeness (QED) is 0.595. The van der Waals surface area contributed by atoms with E-state index >= 15 is 0 Å². The van der Waals surface area contributed by atoms with Crippen molar-refractivity contribution in [2.24, 2.45) is 0 Å². The lowest BCUT2D eigenvalue weighted by Crippen LogP contribution is -2.26. The Morgan fingerprint density at radius 3 is 2.75 bits per heavy atom. The smallest absolute Gasteiger partial charge is 0.288 e. The zero-order valence-electron chi connectivity index (χ0n) is 13.8. The third-order valence-corrected chi connectivity index (χ3v) is 4.79. The van der Waals surface area contributed by atoms with E-state index in [-0.39, 0.29) is 0 Å². The molecule has 126 valence electrons. The molecule has 0 saturated heterocycles. The summed E-state index contributed by atoms with van der Waals surface area (Å²) in [6, 6.07) is 10.4. The van der Waals surface area contributed by atoms with E-state index in [9.17, 15) is 0 Å². The van der Waals surface area contributed by atoms with Crippen LogP contribution < -0.4 is 0 Å². The van der Waals surface area contributed by atoms with Crippen LogP contribution >= 0.6 is 23.6 Å². The van der Waals surface area contributed by atoms with Crippen LogP contribution in [0.3, 0.4) is 0 Å². The molecule has 7 heteroatoms. The van der Waals surface area contributed by atoms with Crippen LogP contribution in [0.15, 0.2) is 40.1 Å². The molecule has 5 nitrogen and oxygen atoms in total. The van der Waals surface area contributed by atoms with Crippen molar-refractivity contribution < 1.29 is 4.42 Å². The topological polar surface area (TPSA) is 47.1 Å². The van der Waals surface area contributed by atoms with Crippen LogP contribution in [0.5, 0.6) is 0 Å². The van der Waals surface area contributed by atoms with E-state index in [0.717, 1.165) is 23.8 Å². The predicted octanol–water partition coefficient (Wildman–Crippen LogP) is 4.04. The van der Waals surface area contributed by atoms with Crippen molar-refractivity contribution in [3.05, 3.63) is 62.7 Å². The van der Waals surface area contributed by atoms with E-state index in [0.29, 0.717) is 23.8 Å². The Labute approximate surface area is 150 Å². The number of benzene rings is 1. The molecule has 0 unspecified atom stereocenters. The largest absolute Gasteiger partial charge is 0.414 e. The van der Waals surface area contributed by atoms with Gasteiger partial charge in [0.05, 0.1) is 23.8 Å². The molecule has 0 fully saturated rings. The van der Waals surface area contributed by atoms with Gasteiger partial charge in [0.2, 0.25) is 5.89 Å². The van der Waals surface area contributed by atoms with Gasteiger partial charge in [-0.25, -0.2) is 9.67 Å². The van der Waals surface area contributed by atoms with Crippen LogP contribution in [-0.4, -0.2) is 26.2 Å². The minimum absolute atomic E-state index is 0.406. The summed E-state index contributed by atoms with van der Waals surface area (Å²) < 4.78 is 7.37. The molecular weight excluding hydrogens is 340 g/mol. The molecule has 1 aromatic carbocycles. The third kappa shape index (κ3) is 4.37. The van der Waals surface area contributed by atoms with Crippen molar-refractivity contribution in [3.63, 3.8) is 0 Å².